The second-order valence-electron chi connectivity index (χ2n) is 5.07. The first-order chi connectivity index (χ1) is 9.72. The normalized spacial score (nSPS) is 13.7. The lowest BCUT2D eigenvalue weighted by Gasteiger charge is -2.06. The first-order valence-corrected chi connectivity index (χ1v) is 7.25. The summed E-state index contributed by atoms with van der Waals surface area (Å²) in [5.41, 5.74) is 6.91. The Morgan fingerprint density at radius 3 is 2.95 bits per heavy atom. The highest BCUT2D eigenvalue weighted by molar-refractivity contribution is 5.75. The van der Waals surface area contributed by atoms with E-state index in [0.29, 0.717) is 13.0 Å². The SMILES string of the molecule is CC(C#N)CCCCCC(=O)NCCC1=CC=C=C=C1. The van der Waals surface area contributed by atoms with Crippen LogP contribution in [0, 0.1) is 17.2 Å². The highest BCUT2D eigenvalue weighted by Gasteiger charge is 2.03. The van der Waals surface area contributed by atoms with Gasteiger partial charge < -0.3 is 5.32 Å². The van der Waals surface area contributed by atoms with Gasteiger partial charge in [-0.05, 0) is 50.0 Å². The molecule has 1 N–H and O–H groups in total. The van der Waals surface area contributed by atoms with Crippen LogP contribution in [-0.4, -0.2) is 12.5 Å². The molecular weight excluding hydrogens is 248 g/mol. The van der Waals surface area contributed by atoms with Crippen LogP contribution in [0.4, 0.5) is 0 Å². The average molecular weight is 270 g/mol. The molecule has 0 aromatic carbocycles. The fourth-order valence-corrected chi connectivity index (χ4v) is 1.95. The molecule has 0 bridgehead atoms. The van der Waals surface area contributed by atoms with E-state index in [2.05, 4.69) is 22.8 Å². The van der Waals surface area contributed by atoms with Gasteiger partial charge >= 0.3 is 0 Å². The second-order valence-corrected chi connectivity index (χ2v) is 5.07. The molecule has 1 rings (SSSR count). The molecular formula is C17H22N2O. The number of hydrogen-bond donors (Lipinski definition) is 1. The molecule has 0 aromatic heterocycles. The summed E-state index contributed by atoms with van der Waals surface area (Å²) in [6, 6.07) is 2.22. The minimum absolute atomic E-state index is 0.116. The predicted octanol–water partition coefficient (Wildman–Crippen LogP) is 3.41. The maximum absolute atomic E-state index is 11.6. The molecule has 0 saturated heterocycles. The number of carbonyl (C=O) groups is 1. The Morgan fingerprint density at radius 1 is 1.40 bits per heavy atom. The molecule has 0 aromatic rings. The molecule has 1 atom stereocenters. The van der Waals surface area contributed by atoms with Gasteiger partial charge in [-0.3, -0.25) is 4.79 Å². The maximum Gasteiger partial charge on any atom is 0.220 e. The van der Waals surface area contributed by atoms with E-state index in [4.69, 9.17) is 5.26 Å². The van der Waals surface area contributed by atoms with E-state index in [0.717, 1.165) is 37.7 Å². The van der Waals surface area contributed by atoms with Gasteiger partial charge in [-0.15, -0.1) is 0 Å². The van der Waals surface area contributed by atoms with Crippen molar-refractivity contribution in [2.24, 2.45) is 5.92 Å². The van der Waals surface area contributed by atoms with Gasteiger partial charge in [0.05, 0.1) is 6.07 Å². The van der Waals surface area contributed by atoms with Crippen LogP contribution in [0.1, 0.15) is 45.4 Å². The van der Waals surface area contributed by atoms with Crippen molar-refractivity contribution < 1.29 is 4.79 Å². The van der Waals surface area contributed by atoms with Gasteiger partial charge in [0, 0.05) is 18.9 Å². The zero-order chi connectivity index (χ0) is 14.6. The van der Waals surface area contributed by atoms with Crippen LogP contribution in [0.5, 0.6) is 0 Å². The Balaban J connectivity index is 1.98. The number of nitrogens with one attached hydrogen (secondary N) is 1. The third-order valence-electron chi connectivity index (χ3n) is 3.22. The molecule has 0 heterocycles. The topological polar surface area (TPSA) is 52.9 Å². The fraction of sp³-hybridized carbons (Fsp3) is 0.529. The van der Waals surface area contributed by atoms with E-state index >= 15 is 0 Å². The van der Waals surface area contributed by atoms with Crippen LogP contribution in [0.3, 0.4) is 0 Å². The maximum atomic E-state index is 11.6. The summed E-state index contributed by atoms with van der Waals surface area (Å²) in [6.07, 6.45) is 11.0. The van der Waals surface area contributed by atoms with Crippen LogP contribution in [0.2, 0.25) is 0 Å². The van der Waals surface area contributed by atoms with Crippen molar-refractivity contribution in [1.29, 1.82) is 5.26 Å². The molecule has 0 aliphatic heterocycles. The standard InChI is InChI=1S/C17H22N2O/c1-15(14-18)8-4-2-7-11-17(20)19-13-12-16-9-5-3-6-10-16/h5,9-10,15H,2,4,7-8,11-13H2,1H3,(H,19,20). The molecule has 1 aliphatic rings. The molecule has 20 heavy (non-hydrogen) atoms. The number of nitriles is 1. The summed E-state index contributed by atoms with van der Waals surface area (Å²) in [7, 11) is 0. The smallest absolute Gasteiger partial charge is 0.220 e. The van der Waals surface area contributed by atoms with E-state index in [1.54, 1.807) is 0 Å². The molecule has 3 heteroatoms. The van der Waals surface area contributed by atoms with E-state index in [-0.39, 0.29) is 11.8 Å². The van der Waals surface area contributed by atoms with Gasteiger partial charge in [0.15, 0.2) is 0 Å². The summed E-state index contributed by atoms with van der Waals surface area (Å²) < 4.78 is 0. The fourth-order valence-electron chi connectivity index (χ4n) is 1.95. The van der Waals surface area contributed by atoms with E-state index < -0.39 is 0 Å². The molecule has 0 spiro atoms. The number of allylic oxidation sites excluding steroid dienone is 3. The molecule has 3 nitrogen and oxygen atoms in total. The molecule has 0 radical (unpaired) electrons. The number of amides is 1. The molecule has 1 unspecified atom stereocenters. The van der Waals surface area contributed by atoms with Crippen molar-refractivity contribution in [3.63, 3.8) is 0 Å². The van der Waals surface area contributed by atoms with E-state index in [1.807, 2.05) is 25.2 Å². The summed E-state index contributed by atoms with van der Waals surface area (Å²) in [6.45, 7) is 2.60. The number of nitrogens with zero attached hydrogens (tertiary/aromatic N) is 1. The largest absolute Gasteiger partial charge is 0.356 e. The predicted molar refractivity (Wildman–Crippen MR) is 79.7 cm³/mol. The van der Waals surface area contributed by atoms with Crippen LogP contribution >= 0.6 is 0 Å². The summed E-state index contributed by atoms with van der Waals surface area (Å²) in [5.74, 6) is 0.244. The molecule has 0 fully saturated rings. The van der Waals surface area contributed by atoms with Crippen molar-refractivity contribution in [1.82, 2.24) is 5.32 Å². The van der Waals surface area contributed by atoms with Gasteiger partial charge in [0.1, 0.15) is 0 Å². The monoisotopic (exact) mass is 270 g/mol. The average Bonchev–Trinajstić information content (AvgIpc) is 2.47. The first-order valence-electron chi connectivity index (χ1n) is 7.25. The lowest BCUT2D eigenvalue weighted by molar-refractivity contribution is -0.121. The zero-order valence-electron chi connectivity index (χ0n) is 12.1. The zero-order valence-corrected chi connectivity index (χ0v) is 12.1. The summed E-state index contributed by atoms with van der Waals surface area (Å²) >= 11 is 0. The highest BCUT2D eigenvalue weighted by atomic mass is 16.1. The van der Waals surface area contributed by atoms with Crippen molar-refractivity contribution in [2.75, 3.05) is 6.54 Å². The van der Waals surface area contributed by atoms with Crippen LogP contribution in [0.25, 0.3) is 0 Å². The van der Waals surface area contributed by atoms with Crippen molar-refractivity contribution in [2.45, 2.75) is 45.4 Å². The Hall–Kier alpha value is -2.00. The quantitative estimate of drug-likeness (QED) is 0.515. The minimum Gasteiger partial charge on any atom is -0.356 e. The third kappa shape index (κ3) is 7.44. The molecule has 0 saturated carbocycles. The van der Waals surface area contributed by atoms with Crippen LogP contribution in [0.15, 0.2) is 35.3 Å². The van der Waals surface area contributed by atoms with Gasteiger partial charge in [-0.2, -0.15) is 5.26 Å². The Morgan fingerprint density at radius 2 is 2.25 bits per heavy atom. The highest BCUT2D eigenvalue weighted by Crippen LogP contribution is 2.09. The second kappa shape index (κ2) is 9.87. The third-order valence-corrected chi connectivity index (χ3v) is 3.22. The van der Waals surface area contributed by atoms with Crippen molar-refractivity contribution in [3.8, 4) is 6.07 Å². The molecule has 106 valence electrons. The van der Waals surface area contributed by atoms with Crippen molar-refractivity contribution in [3.05, 3.63) is 35.3 Å². The molecule has 1 aliphatic carbocycles. The van der Waals surface area contributed by atoms with Crippen LogP contribution < -0.4 is 5.32 Å². The lowest BCUT2D eigenvalue weighted by atomic mass is 10.0. The van der Waals surface area contributed by atoms with Gasteiger partial charge in [-0.25, -0.2) is 0 Å². The Kier molecular flexibility index (Phi) is 7.92. The van der Waals surface area contributed by atoms with E-state index in [1.165, 1.54) is 0 Å². The van der Waals surface area contributed by atoms with Crippen molar-refractivity contribution >= 4 is 5.91 Å². The molecule has 1 amide bonds. The van der Waals surface area contributed by atoms with Gasteiger partial charge in [0.25, 0.3) is 0 Å². The van der Waals surface area contributed by atoms with Crippen LogP contribution in [-0.2, 0) is 4.79 Å². The number of carbonyl (C=O) groups excluding carboxylic acids is 1. The number of rotatable bonds is 9. The lowest BCUT2D eigenvalue weighted by Crippen LogP contribution is -2.24. The first kappa shape index (κ1) is 16.1. The number of hydrogen-bond acceptors (Lipinski definition) is 2. The van der Waals surface area contributed by atoms with Gasteiger partial charge in [-0.1, -0.05) is 24.3 Å². The van der Waals surface area contributed by atoms with E-state index in [9.17, 15) is 4.79 Å². The Bertz CT molecular complexity index is 484. The summed E-state index contributed by atoms with van der Waals surface area (Å²) in [5, 5.41) is 11.6. The Labute approximate surface area is 121 Å². The van der Waals surface area contributed by atoms with Gasteiger partial charge in [0.2, 0.25) is 5.91 Å². The minimum atomic E-state index is 0.116. The summed E-state index contributed by atoms with van der Waals surface area (Å²) in [4.78, 5) is 11.6. The number of unbranched alkanes of at least 4 members (excludes halogenated alkanes) is 2.